The molecule has 0 spiro atoms. The van der Waals surface area contributed by atoms with E-state index >= 15 is 0 Å². The summed E-state index contributed by atoms with van der Waals surface area (Å²) in [4.78, 5) is 12.4. The van der Waals surface area contributed by atoms with Gasteiger partial charge in [0, 0.05) is 12.1 Å². The summed E-state index contributed by atoms with van der Waals surface area (Å²) in [5.41, 5.74) is 0.440. The minimum absolute atomic E-state index is 0.128. The smallest absolute Gasteiger partial charge is 0.191 e. The normalized spacial score (nSPS) is 12.2. The molecule has 0 amide bonds. The van der Waals surface area contributed by atoms with Gasteiger partial charge < -0.3 is 9.30 Å². The molecule has 1 heterocycles. The SMILES string of the molecule is CC(C)Cn1c(SCC(=O)c2ccc(F)cc2)nnc1C(C)Oc1ccccc1F. The van der Waals surface area contributed by atoms with Gasteiger partial charge in [0.2, 0.25) is 0 Å². The van der Waals surface area contributed by atoms with E-state index in [1.807, 2.05) is 4.57 Å². The van der Waals surface area contributed by atoms with Crippen LogP contribution in [0.5, 0.6) is 5.75 Å². The van der Waals surface area contributed by atoms with E-state index in [1.165, 1.54) is 42.1 Å². The zero-order chi connectivity index (χ0) is 21.7. The molecule has 0 saturated heterocycles. The van der Waals surface area contributed by atoms with Crippen LogP contribution in [0.15, 0.2) is 53.7 Å². The Labute approximate surface area is 178 Å². The van der Waals surface area contributed by atoms with E-state index in [0.717, 1.165) is 0 Å². The molecule has 0 bridgehead atoms. The third-order valence-electron chi connectivity index (χ3n) is 4.30. The zero-order valence-electron chi connectivity index (χ0n) is 17.0. The number of halogens is 2. The second kappa shape index (κ2) is 9.84. The lowest BCUT2D eigenvalue weighted by Crippen LogP contribution is -2.16. The zero-order valence-corrected chi connectivity index (χ0v) is 17.8. The van der Waals surface area contributed by atoms with Crippen LogP contribution in [-0.2, 0) is 6.54 Å². The molecule has 0 radical (unpaired) electrons. The number of hydrogen-bond donors (Lipinski definition) is 0. The van der Waals surface area contributed by atoms with Gasteiger partial charge in [-0.2, -0.15) is 0 Å². The Bertz CT molecular complexity index is 1010. The van der Waals surface area contributed by atoms with Crippen molar-refractivity contribution in [3.05, 3.63) is 71.6 Å². The fraction of sp³-hybridized carbons (Fsp3) is 0.318. The lowest BCUT2D eigenvalue weighted by atomic mass is 10.1. The first-order valence-corrected chi connectivity index (χ1v) is 10.6. The number of para-hydroxylation sites is 1. The van der Waals surface area contributed by atoms with Crippen LogP contribution >= 0.6 is 11.8 Å². The maximum atomic E-state index is 13.9. The summed E-state index contributed by atoms with van der Waals surface area (Å²) in [6.45, 7) is 6.53. The van der Waals surface area contributed by atoms with E-state index in [9.17, 15) is 13.6 Å². The van der Waals surface area contributed by atoms with E-state index in [1.54, 1.807) is 25.1 Å². The van der Waals surface area contributed by atoms with Gasteiger partial charge in [0.05, 0.1) is 5.75 Å². The average Bonchev–Trinajstić information content (AvgIpc) is 3.10. The maximum absolute atomic E-state index is 13.9. The Kier molecular flexibility index (Phi) is 7.20. The summed E-state index contributed by atoms with van der Waals surface area (Å²) in [5.74, 6) is 0.185. The van der Waals surface area contributed by atoms with Crippen molar-refractivity contribution in [2.24, 2.45) is 5.92 Å². The molecule has 0 aliphatic carbocycles. The van der Waals surface area contributed by atoms with Gasteiger partial charge in [-0.05, 0) is 49.2 Å². The van der Waals surface area contributed by atoms with Crippen molar-refractivity contribution in [2.45, 2.75) is 38.6 Å². The molecule has 0 N–H and O–H groups in total. The number of benzene rings is 2. The van der Waals surface area contributed by atoms with Gasteiger partial charge in [-0.3, -0.25) is 4.79 Å². The summed E-state index contributed by atoms with van der Waals surface area (Å²) in [6.07, 6.45) is -0.532. The van der Waals surface area contributed by atoms with Crippen LogP contribution in [0.3, 0.4) is 0 Å². The maximum Gasteiger partial charge on any atom is 0.191 e. The monoisotopic (exact) mass is 431 g/mol. The van der Waals surface area contributed by atoms with Crippen molar-refractivity contribution in [1.29, 1.82) is 0 Å². The van der Waals surface area contributed by atoms with Crippen molar-refractivity contribution in [1.82, 2.24) is 14.8 Å². The molecule has 3 aromatic rings. The number of ether oxygens (including phenoxy) is 1. The van der Waals surface area contributed by atoms with E-state index in [2.05, 4.69) is 24.0 Å². The minimum atomic E-state index is -0.532. The van der Waals surface area contributed by atoms with Crippen LogP contribution in [-0.4, -0.2) is 26.3 Å². The van der Waals surface area contributed by atoms with Gasteiger partial charge in [-0.25, -0.2) is 8.78 Å². The molecule has 0 fully saturated rings. The first-order chi connectivity index (χ1) is 14.3. The lowest BCUT2D eigenvalue weighted by Gasteiger charge is -2.18. The lowest BCUT2D eigenvalue weighted by molar-refractivity contribution is 0.102. The van der Waals surface area contributed by atoms with Crippen LogP contribution in [0.2, 0.25) is 0 Å². The quantitative estimate of drug-likeness (QED) is 0.339. The number of hydrogen-bond acceptors (Lipinski definition) is 5. The molecule has 0 aliphatic rings. The Morgan fingerprint density at radius 1 is 1.07 bits per heavy atom. The molecule has 0 saturated carbocycles. The highest BCUT2D eigenvalue weighted by molar-refractivity contribution is 7.99. The van der Waals surface area contributed by atoms with E-state index < -0.39 is 11.9 Å². The Morgan fingerprint density at radius 3 is 2.43 bits per heavy atom. The Hall–Kier alpha value is -2.74. The van der Waals surface area contributed by atoms with Crippen LogP contribution < -0.4 is 4.74 Å². The number of carbonyl (C=O) groups excluding carboxylic acids is 1. The number of carbonyl (C=O) groups is 1. The number of nitrogens with zero attached hydrogens (tertiary/aromatic N) is 3. The number of ketones is 1. The molecule has 1 unspecified atom stereocenters. The first kappa shape index (κ1) is 22.0. The van der Waals surface area contributed by atoms with Gasteiger partial charge in [0.25, 0.3) is 0 Å². The summed E-state index contributed by atoms with van der Waals surface area (Å²) < 4.78 is 34.7. The molecule has 5 nitrogen and oxygen atoms in total. The molecule has 0 aliphatic heterocycles. The van der Waals surface area contributed by atoms with Gasteiger partial charge >= 0.3 is 0 Å². The predicted octanol–water partition coefficient (Wildman–Crippen LogP) is 5.33. The van der Waals surface area contributed by atoms with Crippen molar-refractivity contribution in [3.63, 3.8) is 0 Å². The highest BCUT2D eigenvalue weighted by Crippen LogP contribution is 2.27. The minimum Gasteiger partial charge on any atom is -0.480 e. The van der Waals surface area contributed by atoms with Crippen molar-refractivity contribution < 1.29 is 18.3 Å². The molecule has 3 rings (SSSR count). The number of rotatable bonds is 9. The molecular weight excluding hydrogens is 408 g/mol. The van der Waals surface area contributed by atoms with Crippen LogP contribution in [0.25, 0.3) is 0 Å². The summed E-state index contributed by atoms with van der Waals surface area (Å²) in [7, 11) is 0. The van der Waals surface area contributed by atoms with Crippen molar-refractivity contribution in [3.8, 4) is 5.75 Å². The third-order valence-corrected chi connectivity index (χ3v) is 5.26. The van der Waals surface area contributed by atoms with E-state index in [-0.39, 0.29) is 23.1 Å². The topological polar surface area (TPSA) is 57.0 Å². The number of Topliss-reactive ketones (excluding diaryl/α,β-unsaturated/α-hetero) is 1. The van der Waals surface area contributed by atoms with Crippen LogP contribution in [0.4, 0.5) is 8.78 Å². The number of thioether (sulfide) groups is 1. The van der Waals surface area contributed by atoms with Crippen molar-refractivity contribution in [2.75, 3.05) is 5.75 Å². The predicted molar refractivity (Wildman–Crippen MR) is 112 cm³/mol. The molecule has 1 aromatic heterocycles. The van der Waals surface area contributed by atoms with Gasteiger partial charge in [0.1, 0.15) is 5.82 Å². The molecule has 1 atom stereocenters. The second-order valence-electron chi connectivity index (χ2n) is 7.25. The van der Waals surface area contributed by atoms with E-state index in [4.69, 9.17) is 4.74 Å². The molecule has 2 aromatic carbocycles. The van der Waals surface area contributed by atoms with Crippen LogP contribution in [0.1, 0.15) is 43.1 Å². The Balaban J connectivity index is 1.76. The standard InChI is InChI=1S/C22H23F2N3O2S/c1-14(2)12-27-21(15(3)29-20-7-5-4-6-18(20)24)25-26-22(27)30-13-19(28)16-8-10-17(23)11-9-16/h4-11,14-15H,12-13H2,1-3H3. The number of aromatic nitrogens is 3. The summed E-state index contributed by atoms with van der Waals surface area (Å²) in [6, 6.07) is 11.7. The molecule has 8 heteroatoms. The molecular formula is C22H23F2N3O2S. The van der Waals surface area contributed by atoms with Crippen LogP contribution in [0, 0.1) is 17.6 Å². The largest absolute Gasteiger partial charge is 0.480 e. The van der Waals surface area contributed by atoms with E-state index in [0.29, 0.717) is 29.0 Å². The first-order valence-electron chi connectivity index (χ1n) is 9.61. The Morgan fingerprint density at radius 2 is 1.77 bits per heavy atom. The van der Waals surface area contributed by atoms with Gasteiger partial charge in [-0.1, -0.05) is 37.7 Å². The highest BCUT2D eigenvalue weighted by Gasteiger charge is 2.22. The highest BCUT2D eigenvalue weighted by atomic mass is 32.2. The van der Waals surface area contributed by atoms with Gasteiger partial charge in [-0.15, -0.1) is 10.2 Å². The fourth-order valence-electron chi connectivity index (χ4n) is 2.88. The summed E-state index contributed by atoms with van der Waals surface area (Å²) >= 11 is 1.26. The summed E-state index contributed by atoms with van der Waals surface area (Å²) in [5, 5.41) is 9.05. The fourth-order valence-corrected chi connectivity index (χ4v) is 3.73. The van der Waals surface area contributed by atoms with Gasteiger partial charge in [0.15, 0.2) is 34.4 Å². The second-order valence-corrected chi connectivity index (χ2v) is 8.20. The molecule has 30 heavy (non-hydrogen) atoms. The average molecular weight is 432 g/mol. The van der Waals surface area contributed by atoms with Crippen molar-refractivity contribution >= 4 is 17.5 Å². The molecule has 158 valence electrons. The third kappa shape index (κ3) is 5.44.